The minimum atomic E-state index is -0.568. The Morgan fingerprint density at radius 2 is 2.14 bits per heavy atom. The summed E-state index contributed by atoms with van der Waals surface area (Å²) in [7, 11) is 0. The maximum absolute atomic E-state index is 11.2. The number of amides is 1. The third-order valence-electron chi connectivity index (χ3n) is 1.60. The lowest BCUT2D eigenvalue weighted by molar-refractivity contribution is -0.117. The summed E-state index contributed by atoms with van der Waals surface area (Å²) in [6, 6.07) is 4.26. The summed E-state index contributed by atoms with van der Waals surface area (Å²) in [6.07, 6.45) is 0. The second kappa shape index (κ2) is 4.64. The Morgan fingerprint density at radius 3 is 2.64 bits per heavy atom. The topological polar surface area (TPSA) is 55.1 Å². The fourth-order valence-corrected chi connectivity index (χ4v) is 1.29. The highest BCUT2D eigenvalue weighted by atomic mass is 35.5. The maximum atomic E-state index is 11.2. The number of halogens is 2. The summed E-state index contributed by atoms with van der Waals surface area (Å²) < 4.78 is 0. The molecule has 0 fully saturated rings. The number of benzene rings is 1. The van der Waals surface area contributed by atoms with E-state index in [2.05, 4.69) is 5.32 Å². The standard InChI is InChI=1S/C9H10Cl2N2O/c1-5(12)9(14)13-8-3-2-6(10)4-7(8)11/h2-5H,12H2,1H3,(H,13,14)/t5-/m1/s1. The van der Waals surface area contributed by atoms with Crippen molar-refractivity contribution in [2.75, 3.05) is 5.32 Å². The van der Waals surface area contributed by atoms with Gasteiger partial charge < -0.3 is 11.1 Å². The zero-order valence-corrected chi connectivity index (χ0v) is 9.06. The van der Waals surface area contributed by atoms with Crippen molar-refractivity contribution in [3.63, 3.8) is 0 Å². The average molecular weight is 233 g/mol. The third kappa shape index (κ3) is 2.87. The van der Waals surface area contributed by atoms with Crippen LogP contribution in [0.1, 0.15) is 6.92 Å². The highest BCUT2D eigenvalue weighted by molar-refractivity contribution is 6.36. The Kier molecular flexibility index (Phi) is 3.75. The maximum Gasteiger partial charge on any atom is 0.241 e. The minimum absolute atomic E-state index is 0.283. The number of hydrogen-bond acceptors (Lipinski definition) is 2. The van der Waals surface area contributed by atoms with Crippen molar-refractivity contribution < 1.29 is 4.79 Å². The molecule has 5 heteroatoms. The van der Waals surface area contributed by atoms with Gasteiger partial charge in [-0.25, -0.2) is 0 Å². The van der Waals surface area contributed by atoms with Gasteiger partial charge in [0, 0.05) is 5.02 Å². The first-order valence-corrected chi connectivity index (χ1v) is 4.78. The van der Waals surface area contributed by atoms with Crippen LogP contribution in [0.2, 0.25) is 10.0 Å². The fourth-order valence-electron chi connectivity index (χ4n) is 0.837. The predicted octanol–water partition coefficient (Wildman–Crippen LogP) is 2.28. The van der Waals surface area contributed by atoms with E-state index in [0.29, 0.717) is 15.7 Å². The van der Waals surface area contributed by atoms with Gasteiger partial charge in [0.1, 0.15) is 0 Å². The lowest BCUT2D eigenvalue weighted by atomic mass is 10.3. The lowest BCUT2D eigenvalue weighted by Gasteiger charge is -2.09. The van der Waals surface area contributed by atoms with E-state index >= 15 is 0 Å². The zero-order chi connectivity index (χ0) is 10.7. The van der Waals surface area contributed by atoms with Gasteiger partial charge in [0.2, 0.25) is 5.91 Å². The van der Waals surface area contributed by atoms with Crippen LogP contribution < -0.4 is 11.1 Å². The summed E-state index contributed by atoms with van der Waals surface area (Å²) in [5.41, 5.74) is 5.89. The predicted molar refractivity (Wildman–Crippen MR) is 58.7 cm³/mol. The number of rotatable bonds is 2. The van der Waals surface area contributed by atoms with Crippen molar-refractivity contribution in [3.8, 4) is 0 Å². The molecule has 14 heavy (non-hydrogen) atoms. The van der Waals surface area contributed by atoms with E-state index in [1.165, 1.54) is 0 Å². The van der Waals surface area contributed by atoms with E-state index in [9.17, 15) is 4.79 Å². The normalized spacial score (nSPS) is 12.3. The molecule has 0 aliphatic heterocycles. The molecule has 0 unspecified atom stereocenters. The Balaban J connectivity index is 2.82. The van der Waals surface area contributed by atoms with Gasteiger partial charge in [-0.1, -0.05) is 23.2 Å². The number of nitrogens with one attached hydrogen (secondary N) is 1. The van der Waals surface area contributed by atoms with Gasteiger partial charge in [0.05, 0.1) is 16.8 Å². The average Bonchev–Trinajstić information content (AvgIpc) is 2.09. The quantitative estimate of drug-likeness (QED) is 0.823. The molecule has 0 heterocycles. The molecule has 0 saturated heterocycles. The van der Waals surface area contributed by atoms with Crippen molar-refractivity contribution in [2.45, 2.75) is 13.0 Å². The number of nitrogens with two attached hydrogens (primary N) is 1. The Labute approximate surface area is 92.2 Å². The monoisotopic (exact) mass is 232 g/mol. The second-order valence-corrected chi connectivity index (χ2v) is 3.75. The number of carbonyl (C=O) groups excluding carboxylic acids is 1. The smallest absolute Gasteiger partial charge is 0.241 e. The number of anilines is 1. The van der Waals surface area contributed by atoms with Crippen LogP contribution in [-0.2, 0) is 4.79 Å². The van der Waals surface area contributed by atoms with Gasteiger partial charge in [-0.3, -0.25) is 4.79 Å². The summed E-state index contributed by atoms with van der Waals surface area (Å²) in [6.45, 7) is 1.60. The first kappa shape index (κ1) is 11.3. The van der Waals surface area contributed by atoms with E-state index in [0.717, 1.165) is 0 Å². The molecule has 0 aliphatic carbocycles. The van der Waals surface area contributed by atoms with Crippen molar-refractivity contribution in [2.24, 2.45) is 5.73 Å². The molecule has 3 N–H and O–H groups in total. The molecular formula is C9H10Cl2N2O. The molecule has 0 aromatic heterocycles. The lowest BCUT2D eigenvalue weighted by Crippen LogP contribution is -2.32. The first-order valence-electron chi connectivity index (χ1n) is 4.02. The van der Waals surface area contributed by atoms with E-state index in [-0.39, 0.29) is 5.91 Å². The van der Waals surface area contributed by atoms with Crippen LogP contribution in [0.25, 0.3) is 0 Å². The Morgan fingerprint density at radius 1 is 1.50 bits per heavy atom. The van der Waals surface area contributed by atoms with Crippen LogP contribution in [0.4, 0.5) is 5.69 Å². The van der Waals surface area contributed by atoms with E-state index in [1.54, 1.807) is 25.1 Å². The van der Waals surface area contributed by atoms with Crippen molar-refractivity contribution in [1.29, 1.82) is 0 Å². The van der Waals surface area contributed by atoms with Crippen LogP contribution in [0, 0.1) is 0 Å². The molecule has 0 bridgehead atoms. The molecule has 1 atom stereocenters. The summed E-state index contributed by atoms with van der Waals surface area (Å²) >= 11 is 11.5. The number of hydrogen-bond donors (Lipinski definition) is 2. The fraction of sp³-hybridized carbons (Fsp3) is 0.222. The first-order chi connectivity index (χ1) is 6.50. The molecule has 1 aromatic rings. The summed E-state index contributed by atoms with van der Waals surface area (Å²) in [4.78, 5) is 11.2. The minimum Gasteiger partial charge on any atom is -0.323 e. The molecule has 0 aliphatic rings. The van der Waals surface area contributed by atoms with Gasteiger partial charge in [-0.15, -0.1) is 0 Å². The van der Waals surface area contributed by atoms with Crippen LogP contribution in [0.15, 0.2) is 18.2 Å². The Bertz CT molecular complexity index is 353. The van der Waals surface area contributed by atoms with Gasteiger partial charge in [0.25, 0.3) is 0 Å². The molecule has 0 spiro atoms. The second-order valence-electron chi connectivity index (χ2n) is 2.90. The number of carbonyl (C=O) groups is 1. The van der Waals surface area contributed by atoms with Gasteiger partial charge in [0.15, 0.2) is 0 Å². The highest BCUT2D eigenvalue weighted by Gasteiger charge is 2.09. The molecule has 0 saturated carbocycles. The SMILES string of the molecule is C[C@@H](N)C(=O)Nc1ccc(Cl)cc1Cl. The summed E-state index contributed by atoms with van der Waals surface area (Å²) in [5, 5.41) is 3.50. The van der Waals surface area contributed by atoms with Gasteiger partial charge >= 0.3 is 0 Å². The van der Waals surface area contributed by atoms with Gasteiger partial charge in [-0.2, -0.15) is 0 Å². The van der Waals surface area contributed by atoms with Crippen molar-refractivity contribution in [3.05, 3.63) is 28.2 Å². The molecule has 76 valence electrons. The van der Waals surface area contributed by atoms with Crippen molar-refractivity contribution >= 4 is 34.8 Å². The van der Waals surface area contributed by atoms with E-state index in [4.69, 9.17) is 28.9 Å². The zero-order valence-electron chi connectivity index (χ0n) is 7.55. The molecule has 1 aromatic carbocycles. The molecule has 1 rings (SSSR count). The molecule has 0 radical (unpaired) electrons. The van der Waals surface area contributed by atoms with E-state index < -0.39 is 6.04 Å². The van der Waals surface area contributed by atoms with Gasteiger partial charge in [-0.05, 0) is 25.1 Å². The van der Waals surface area contributed by atoms with Crippen LogP contribution in [0.5, 0.6) is 0 Å². The summed E-state index contributed by atoms with van der Waals surface area (Å²) in [5.74, 6) is -0.283. The molecular weight excluding hydrogens is 223 g/mol. The van der Waals surface area contributed by atoms with E-state index in [1.807, 2.05) is 0 Å². The molecule has 3 nitrogen and oxygen atoms in total. The third-order valence-corrected chi connectivity index (χ3v) is 2.15. The largest absolute Gasteiger partial charge is 0.323 e. The molecule has 1 amide bonds. The van der Waals surface area contributed by atoms with Crippen molar-refractivity contribution in [1.82, 2.24) is 0 Å². The Hall–Kier alpha value is -0.770. The van der Waals surface area contributed by atoms with Crippen LogP contribution in [-0.4, -0.2) is 11.9 Å². The highest BCUT2D eigenvalue weighted by Crippen LogP contribution is 2.25. The van der Waals surface area contributed by atoms with Crippen LogP contribution >= 0.6 is 23.2 Å². The van der Waals surface area contributed by atoms with Crippen LogP contribution in [0.3, 0.4) is 0 Å².